The third-order valence-electron chi connectivity index (χ3n) is 6.91. The Labute approximate surface area is 149 Å². The van der Waals surface area contributed by atoms with Gasteiger partial charge in [-0.3, -0.25) is 14.4 Å². The molecule has 0 aliphatic heterocycles. The lowest BCUT2D eigenvalue weighted by Gasteiger charge is -2.48. The number of carbonyl (C=O) groups is 3. The largest absolute Gasteiger partial charge is 0.468 e. The summed E-state index contributed by atoms with van der Waals surface area (Å²) in [6.07, 6.45) is 6.62. The Morgan fingerprint density at radius 3 is 2.64 bits per heavy atom. The molecule has 3 aliphatic carbocycles. The fourth-order valence-electron chi connectivity index (χ4n) is 5.35. The maximum absolute atomic E-state index is 13.0. The van der Waals surface area contributed by atoms with Crippen LogP contribution in [0.4, 0.5) is 0 Å². The second-order valence-corrected chi connectivity index (χ2v) is 8.37. The second kappa shape index (κ2) is 6.22. The van der Waals surface area contributed by atoms with Crippen molar-refractivity contribution in [1.29, 1.82) is 0 Å². The van der Waals surface area contributed by atoms with E-state index in [9.17, 15) is 14.4 Å². The van der Waals surface area contributed by atoms with Crippen LogP contribution < -0.4 is 0 Å². The van der Waals surface area contributed by atoms with Gasteiger partial charge >= 0.3 is 5.97 Å². The molecule has 0 aromatic heterocycles. The lowest BCUT2D eigenvalue weighted by molar-refractivity contribution is -0.155. The number of fused-ring (bicyclic) bond motifs is 3. The molecule has 0 aromatic carbocycles. The van der Waals surface area contributed by atoms with E-state index in [4.69, 9.17) is 4.74 Å². The predicted octanol–water partition coefficient (Wildman–Crippen LogP) is 3.80. The molecule has 136 valence electrons. The molecule has 3 rings (SSSR count). The molecule has 3 atom stereocenters. The van der Waals surface area contributed by atoms with Crippen molar-refractivity contribution in [2.45, 2.75) is 59.3 Å². The van der Waals surface area contributed by atoms with Crippen molar-refractivity contribution in [3.05, 3.63) is 22.8 Å². The molecule has 0 aromatic rings. The van der Waals surface area contributed by atoms with Gasteiger partial charge in [-0.15, -0.1) is 0 Å². The SMILES string of the molecule is COC(=O)[C@]12CCC(C(C)C)=C1[C@H]1CC=C(C=O)CC(=O)[C@]1(C)CC2. The average Bonchev–Trinajstić information content (AvgIpc) is 2.94. The average molecular weight is 344 g/mol. The first-order valence-electron chi connectivity index (χ1n) is 9.29. The number of Topliss-reactive ketones (excluding diaryl/α,β-unsaturated/α-hetero) is 1. The van der Waals surface area contributed by atoms with E-state index >= 15 is 0 Å². The van der Waals surface area contributed by atoms with Crippen LogP contribution in [-0.4, -0.2) is 25.1 Å². The molecule has 1 saturated carbocycles. The van der Waals surface area contributed by atoms with Crippen LogP contribution in [0.2, 0.25) is 0 Å². The van der Waals surface area contributed by atoms with Crippen LogP contribution in [0.3, 0.4) is 0 Å². The normalized spacial score (nSPS) is 35.0. The molecule has 0 radical (unpaired) electrons. The first-order valence-corrected chi connectivity index (χ1v) is 9.29. The third-order valence-corrected chi connectivity index (χ3v) is 6.91. The Morgan fingerprint density at radius 1 is 1.32 bits per heavy atom. The highest BCUT2D eigenvalue weighted by Crippen LogP contribution is 2.62. The Kier molecular flexibility index (Phi) is 4.50. The van der Waals surface area contributed by atoms with E-state index in [0.717, 1.165) is 24.7 Å². The first kappa shape index (κ1) is 18.1. The fourth-order valence-corrected chi connectivity index (χ4v) is 5.35. The van der Waals surface area contributed by atoms with Crippen molar-refractivity contribution in [3.63, 3.8) is 0 Å². The monoisotopic (exact) mass is 344 g/mol. The molecule has 4 heteroatoms. The predicted molar refractivity (Wildman–Crippen MR) is 94.8 cm³/mol. The Hall–Kier alpha value is -1.71. The van der Waals surface area contributed by atoms with Gasteiger partial charge in [0.1, 0.15) is 12.1 Å². The maximum atomic E-state index is 13.0. The Bertz CT molecular complexity index is 684. The molecule has 0 spiro atoms. The summed E-state index contributed by atoms with van der Waals surface area (Å²) in [5.41, 5.74) is 1.97. The van der Waals surface area contributed by atoms with E-state index in [1.807, 2.05) is 13.0 Å². The zero-order chi connectivity index (χ0) is 18.4. The maximum Gasteiger partial charge on any atom is 0.315 e. The van der Waals surface area contributed by atoms with Crippen LogP contribution in [0.5, 0.6) is 0 Å². The van der Waals surface area contributed by atoms with Gasteiger partial charge in [0, 0.05) is 11.8 Å². The third kappa shape index (κ3) is 2.52. The van der Waals surface area contributed by atoms with Crippen LogP contribution in [0.1, 0.15) is 59.3 Å². The molecular formula is C21H28O4. The van der Waals surface area contributed by atoms with Crippen molar-refractivity contribution >= 4 is 18.0 Å². The fraction of sp³-hybridized carbons (Fsp3) is 0.667. The number of carbonyl (C=O) groups excluding carboxylic acids is 3. The number of allylic oxidation sites excluding steroid dienone is 3. The second-order valence-electron chi connectivity index (χ2n) is 8.37. The van der Waals surface area contributed by atoms with Gasteiger partial charge in [0.25, 0.3) is 0 Å². The molecule has 0 unspecified atom stereocenters. The molecule has 4 nitrogen and oxygen atoms in total. The summed E-state index contributed by atoms with van der Waals surface area (Å²) in [6, 6.07) is 0. The molecule has 1 fully saturated rings. The smallest absolute Gasteiger partial charge is 0.315 e. The quantitative estimate of drug-likeness (QED) is 0.444. The number of aldehydes is 1. The van der Waals surface area contributed by atoms with Crippen LogP contribution in [-0.2, 0) is 19.1 Å². The highest BCUT2D eigenvalue weighted by molar-refractivity contribution is 5.94. The van der Waals surface area contributed by atoms with Crippen LogP contribution >= 0.6 is 0 Å². The van der Waals surface area contributed by atoms with Gasteiger partial charge in [0.2, 0.25) is 0 Å². The Morgan fingerprint density at radius 2 is 2.04 bits per heavy atom. The summed E-state index contributed by atoms with van der Waals surface area (Å²) in [5.74, 6) is 0.313. The number of ketones is 1. The molecule has 0 amide bonds. The van der Waals surface area contributed by atoms with Crippen LogP contribution in [0, 0.1) is 22.7 Å². The van der Waals surface area contributed by atoms with Gasteiger partial charge in [-0.05, 0) is 55.1 Å². The summed E-state index contributed by atoms with van der Waals surface area (Å²) < 4.78 is 5.21. The first-order chi connectivity index (χ1) is 11.8. The summed E-state index contributed by atoms with van der Waals surface area (Å²) >= 11 is 0. The highest BCUT2D eigenvalue weighted by atomic mass is 16.5. The van der Waals surface area contributed by atoms with Crippen molar-refractivity contribution in [3.8, 4) is 0 Å². The zero-order valence-electron chi connectivity index (χ0n) is 15.7. The van der Waals surface area contributed by atoms with E-state index in [1.54, 1.807) is 0 Å². The van der Waals surface area contributed by atoms with Gasteiger partial charge in [-0.25, -0.2) is 0 Å². The number of rotatable bonds is 3. The standard InChI is InChI=1S/C21H28O4/c1-13(2)15-7-8-21(19(24)25-4)10-9-20(3)16(18(15)21)6-5-14(12-22)11-17(20)23/h5,12-13,16H,6-11H2,1-4H3/t16-,20-,21+/m1/s1. The van der Waals surface area contributed by atoms with Crippen molar-refractivity contribution < 1.29 is 19.1 Å². The molecule has 0 heterocycles. The molecule has 0 bridgehead atoms. The lowest BCUT2D eigenvalue weighted by atomic mass is 9.54. The summed E-state index contributed by atoms with van der Waals surface area (Å²) in [4.78, 5) is 37.1. The highest BCUT2D eigenvalue weighted by Gasteiger charge is 2.59. The number of hydrogen-bond donors (Lipinski definition) is 0. The minimum Gasteiger partial charge on any atom is -0.468 e. The van der Waals surface area contributed by atoms with E-state index in [2.05, 4.69) is 13.8 Å². The van der Waals surface area contributed by atoms with Gasteiger partial charge in [-0.1, -0.05) is 32.4 Å². The summed E-state index contributed by atoms with van der Waals surface area (Å²) in [5, 5.41) is 0. The lowest BCUT2D eigenvalue weighted by Crippen LogP contribution is -2.48. The number of methoxy groups -OCH3 is 1. The van der Waals surface area contributed by atoms with Crippen LogP contribution in [0.15, 0.2) is 22.8 Å². The van der Waals surface area contributed by atoms with Crippen molar-refractivity contribution in [1.82, 2.24) is 0 Å². The van der Waals surface area contributed by atoms with E-state index < -0.39 is 10.8 Å². The topological polar surface area (TPSA) is 60.4 Å². The number of ether oxygens (including phenoxy) is 1. The molecule has 0 N–H and O–H groups in total. The van der Waals surface area contributed by atoms with Crippen LogP contribution in [0.25, 0.3) is 0 Å². The van der Waals surface area contributed by atoms with E-state index in [-0.39, 0.29) is 24.1 Å². The van der Waals surface area contributed by atoms with Crippen molar-refractivity contribution in [2.75, 3.05) is 7.11 Å². The number of hydrogen-bond acceptors (Lipinski definition) is 4. The molecule has 25 heavy (non-hydrogen) atoms. The zero-order valence-corrected chi connectivity index (χ0v) is 15.7. The van der Waals surface area contributed by atoms with Gasteiger partial charge < -0.3 is 4.74 Å². The summed E-state index contributed by atoms with van der Waals surface area (Å²) in [6.45, 7) is 6.35. The van der Waals surface area contributed by atoms with Gasteiger partial charge in [0.15, 0.2) is 0 Å². The van der Waals surface area contributed by atoms with E-state index in [1.165, 1.54) is 12.7 Å². The minimum absolute atomic E-state index is 0.00907. The Balaban J connectivity index is 2.18. The van der Waals surface area contributed by atoms with Gasteiger partial charge in [-0.2, -0.15) is 0 Å². The van der Waals surface area contributed by atoms with Crippen molar-refractivity contribution in [2.24, 2.45) is 22.7 Å². The van der Waals surface area contributed by atoms with E-state index in [0.29, 0.717) is 30.8 Å². The molecule has 3 aliphatic rings. The minimum atomic E-state index is -0.571. The summed E-state index contributed by atoms with van der Waals surface area (Å²) in [7, 11) is 1.46. The molecular weight excluding hydrogens is 316 g/mol. The van der Waals surface area contributed by atoms with Gasteiger partial charge in [0.05, 0.1) is 12.5 Å². The molecule has 0 saturated heterocycles. The number of esters is 1.